The summed E-state index contributed by atoms with van der Waals surface area (Å²) in [5, 5.41) is 0. The van der Waals surface area contributed by atoms with Crippen LogP contribution in [-0.2, 0) is 14.8 Å². The van der Waals surface area contributed by atoms with Crippen LogP contribution in [0.2, 0.25) is 0 Å². The third kappa shape index (κ3) is 5.86. The van der Waals surface area contributed by atoms with Crippen molar-refractivity contribution < 1.29 is 22.7 Å². The first-order valence-electron chi connectivity index (χ1n) is 10.1. The Morgan fingerprint density at radius 1 is 1.03 bits per heavy atom. The van der Waals surface area contributed by atoms with Crippen molar-refractivity contribution in [1.29, 1.82) is 0 Å². The molecule has 2 aromatic rings. The van der Waals surface area contributed by atoms with E-state index < -0.39 is 10.0 Å². The Morgan fingerprint density at radius 3 is 2.29 bits per heavy atom. The van der Waals surface area contributed by atoms with Gasteiger partial charge in [-0.15, -0.1) is 0 Å². The third-order valence-corrected chi connectivity index (χ3v) is 6.82. The minimum atomic E-state index is -3.56. The van der Waals surface area contributed by atoms with Gasteiger partial charge in [-0.25, -0.2) is 13.1 Å². The van der Waals surface area contributed by atoms with E-state index in [4.69, 9.17) is 9.47 Å². The second kappa shape index (κ2) is 9.98. The Labute approximate surface area is 183 Å². The number of hydrogen-bond acceptors (Lipinski definition) is 5. The highest BCUT2D eigenvalue weighted by Crippen LogP contribution is 2.28. The Morgan fingerprint density at radius 2 is 1.68 bits per heavy atom. The summed E-state index contributed by atoms with van der Waals surface area (Å²) in [4.78, 5) is 14.5. The molecule has 31 heavy (non-hydrogen) atoms. The molecule has 1 fully saturated rings. The van der Waals surface area contributed by atoms with Gasteiger partial charge in [0.2, 0.25) is 15.9 Å². The zero-order chi connectivity index (χ0) is 22.4. The van der Waals surface area contributed by atoms with E-state index in [0.29, 0.717) is 37.4 Å². The molecule has 3 rings (SSSR count). The molecule has 166 valence electrons. The van der Waals surface area contributed by atoms with E-state index in [9.17, 15) is 13.2 Å². The molecule has 0 aliphatic carbocycles. The van der Waals surface area contributed by atoms with E-state index in [0.717, 1.165) is 11.1 Å². The number of methoxy groups -OCH3 is 2. The maximum atomic E-state index is 12.6. The highest BCUT2D eigenvalue weighted by Gasteiger charge is 2.26. The summed E-state index contributed by atoms with van der Waals surface area (Å²) in [6.07, 6.45) is 4.40. The van der Waals surface area contributed by atoms with Crippen LogP contribution in [0.5, 0.6) is 11.5 Å². The Bertz CT molecular complexity index is 1040. The fourth-order valence-corrected chi connectivity index (χ4v) is 4.76. The number of amides is 1. The molecule has 1 amide bonds. The lowest BCUT2D eigenvalue weighted by atomic mass is 10.1. The molecule has 0 bridgehead atoms. The minimum Gasteiger partial charge on any atom is -0.493 e. The Kier molecular flexibility index (Phi) is 7.35. The van der Waals surface area contributed by atoms with Gasteiger partial charge in [-0.2, -0.15) is 0 Å². The SMILES string of the molecule is COc1ccc(C=CC(=O)N2CCC(NS(=O)(=O)c3ccc(C)cc3)CC2)cc1OC. The standard InChI is InChI=1S/C23H28N2O5S/c1-17-4-8-20(9-5-17)31(27,28)24-19-12-14-25(15-13-19)23(26)11-7-18-6-10-21(29-2)22(16-18)30-3/h4-11,16,19,24H,12-15H2,1-3H3. The van der Waals surface area contributed by atoms with Crippen molar-refractivity contribution >= 4 is 22.0 Å². The zero-order valence-corrected chi connectivity index (χ0v) is 18.8. The molecule has 1 saturated heterocycles. The van der Waals surface area contributed by atoms with Gasteiger partial charge in [0.15, 0.2) is 11.5 Å². The van der Waals surface area contributed by atoms with Crippen LogP contribution in [-0.4, -0.2) is 52.6 Å². The van der Waals surface area contributed by atoms with Crippen molar-refractivity contribution in [2.75, 3.05) is 27.3 Å². The molecule has 0 spiro atoms. The average molecular weight is 445 g/mol. The molecule has 2 aromatic carbocycles. The maximum absolute atomic E-state index is 12.6. The molecule has 1 N–H and O–H groups in total. The summed E-state index contributed by atoms with van der Waals surface area (Å²) in [7, 11) is -0.429. The fraction of sp³-hybridized carbons (Fsp3) is 0.348. The predicted molar refractivity (Wildman–Crippen MR) is 120 cm³/mol. The number of likely N-dealkylation sites (tertiary alicyclic amines) is 1. The average Bonchev–Trinajstić information content (AvgIpc) is 2.77. The van der Waals surface area contributed by atoms with E-state index in [1.54, 1.807) is 61.6 Å². The second-order valence-corrected chi connectivity index (χ2v) is 9.20. The molecular weight excluding hydrogens is 416 g/mol. The van der Waals surface area contributed by atoms with Gasteiger partial charge in [0, 0.05) is 25.2 Å². The van der Waals surface area contributed by atoms with Crippen LogP contribution in [0, 0.1) is 6.92 Å². The van der Waals surface area contributed by atoms with Gasteiger partial charge in [0.25, 0.3) is 0 Å². The van der Waals surface area contributed by atoms with Crippen molar-refractivity contribution in [1.82, 2.24) is 9.62 Å². The number of nitrogens with one attached hydrogen (secondary N) is 1. The number of carbonyl (C=O) groups excluding carboxylic acids is 1. The summed E-state index contributed by atoms with van der Waals surface area (Å²) in [6.45, 7) is 2.91. The number of rotatable bonds is 7. The van der Waals surface area contributed by atoms with Gasteiger partial charge in [-0.3, -0.25) is 4.79 Å². The highest BCUT2D eigenvalue weighted by atomic mass is 32.2. The topological polar surface area (TPSA) is 84.9 Å². The number of sulfonamides is 1. The molecule has 8 heteroatoms. The van der Waals surface area contributed by atoms with Gasteiger partial charge < -0.3 is 14.4 Å². The first kappa shape index (κ1) is 22.8. The van der Waals surface area contributed by atoms with Crippen LogP contribution in [0.4, 0.5) is 0 Å². The molecule has 1 aliphatic heterocycles. The van der Waals surface area contributed by atoms with Crippen molar-refractivity contribution in [3.63, 3.8) is 0 Å². The largest absolute Gasteiger partial charge is 0.493 e. The first-order chi connectivity index (χ1) is 14.8. The predicted octanol–water partition coefficient (Wildman–Crippen LogP) is 2.99. The summed E-state index contributed by atoms with van der Waals surface area (Å²) in [6, 6.07) is 12.0. The lowest BCUT2D eigenvalue weighted by Crippen LogP contribution is -2.46. The normalized spacial score (nSPS) is 15.3. The van der Waals surface area contributed by atoms with Crippen molar-refractivity contribution in [2.45, 2.75) is 30.7 Å². The van der Waals surface area contributed by atoms with E-state index in [-0.39, 0.29) is 16.8 Å². The lowest BCUT2D eigenvalue weighted by Gasteiger charge is -2.31. The smallest absolute Gasteiger partial charge is 0.246 e. The van der Waals surface area contributed by atoms with Crippen LogP contribution in [0.3, 0.4) is 0 Å². The molecular formula is C23H28N2O5S. The number of hydrogen-bond donors (Lipinski definition) is 1. The molecule has 1 heterocycles. The van der Waals surface area contributed by atoms with Gasteiger partial charge >= 0.3 is 0 Å². The number of carbonyl (C=O) groups is 1. The molecule has 0 radical (unpaired) electrons. The summed E-state index contributed by atoms with van der Waals surface area (Å²) < 4.78 is 38.4. The van der Waals surface area contributed by atoms with E-state index in [1.807, 2.05) is 13.0 Å². The van der Waals surface area contributed by atoms with Crippen molar-refractivity contribution in [3.05, 3.63) is 59.7 Å². The molecule has 0 unspecified atom stereocenters. The summed E-state index contributed by atoms with van der Waals surface area (Å²) in [5.74, 6) is 1.12. The van der Waals surface area contributed by atoms with E-state index >= 15 is 0 Å². The minimum absolute atomic E-state index is 0.102. The van der Waals surface area contributed by atoms with Crippen LogP contribution in [0.25, 0.3) is 6.08 Å². The third-order valence-electron chi connectivity index (χ3n) is 5.29. The monoisotopic (exact) mass is 444 g/mol. The molecule has 0 saturated carbocycles. The number of ether oxygens (including phenoxy) is 2. The lowest BCUT2D eigenvalue weighted by molar-refractivity contribution is -0.126. The number of nitrogens with zero attached hydrogens (tertiary/aromatic N) is 1. The number of piperidine rings is 1. The molecule has 7 nitrogen and oxygen atoms in total. The quantitative estimate of drug-likeness (QED) is 0.664. The van der Waals surface area contributed by atoms with Crippen molar-refractivity contribution in [3.8, 4) is 11.5 Å². The first-order valence-corrected chi connectivity index (χ1v) is 11.6. The molecule has 0 aromatic heterocycles. The van der Waals surface area contributed by atoms with Gasteiger partial charge in [-0.1, -0.05) is 23.8 Å². The van der Waals surface area contributed by atoms with Crippen LogP contribution in [0.15, 0.2) is 53.4 Å². The second-order valence-electron chi connectivity index (χ2n) is 7.48. The number of benzene rings is 2. The molecule has 0 atom stereocenters. The van der Waals surface area contributed by atoms with Crippen LogP contribution in [0.1, 0.15) is 24.0 Å². The maximum Gasteiger partial charge on any atom is 0.246 e. The molecule has 1 aliphatic rings. The van der Waals surface area contributed by atoms with Gasteiger partial charge in [0.1, 0.15) is 0 Å². The summed E-state index contributed by atoms with van der Waals surface area (Å²) in [5.41, 5.74) is 1.83. The zero-order valence-electron chi connectivity index (χ0n) is 18.0. The highest BCUT2D eigenvalue weighted by molar-refractivity contribution is 7.89. The number of aryl methyl sites for hydroxylation is 1. The summed E-state index contributed by atoms with van der Waals surface area (Å²) >= 11 is 0. The van der Waals surface area contributed by atoms with Gasteiger partial charge in [-0.05, 0) is 55.7 Å². The van der Waals surface area contributed by atoms with Gasteiger partial charge in [0.05, 0.1) is 19.1 Å². The fourth-order valence-electron chi connectivity index (χ4n) is 3.45. The van der Waals surface area contributed by atoms with E-state index in [1.165, 1.54) is 6.08 Å². The van der Waals surface area contributed by atoms with Crippen molar-refractivity contribution in [2.24, 2.45) is 0 Å². The van der Waals surface area contributed by atoms with Crippen LogP contribution < -0.4 is 14.2 Å². The Hall–Kier alpha value is -2.84. The van der Waals surface area contributed by atoms with E-state index in [2.05, 4.69) is 4.72 Å². The Balaban J connectivity index is 1.55. The van der Waals surface area contributed by atoms with Crippen LogP contribution >= 0.6 is 0 Å².